The van der Waals surface area contributed by atoms with Gasteiger partial charge in [-0.3, -0.25) is 4.79 Å². The smallest absolute Gasteiger partial charge is 0.319 e. The Kier molecular flexibility index (Phi) is 5.06. The molecule has 0 spiro atoms. The van der Waals surface area contributed by atoms with Gasteiger partial charge in [0.25, 0.3) is 0 Å². The van der Waals surface area contributed by atoms with Gasteiger partial charge in [0.1, 0.15) is 4.75 Å². The first-order chi connectivity index (χ1) is 5.63. The van der Waals surface area contributed by atoms with Crippen LogP contribution in [-0.4, -0.2) is 21.6 Å². The lowest BCUT2D eigenvalue weighted by atomic mass is 10.0. The standard InChI is InChI=1S/C9H16O2S/c1-4-7-12-9(5-2,6-3)8(10)11/h4H,1,5-7H2,2-3H3,(H,10,11). The van der Waals surface area contributed by atoms with E-state index in [1.54, 1.807) is 6.08 Å². The molecule has 0 aliphatic heterocycles. The molecule has 0 fully saturated rings. The molecule has 0 bridgehead atoms. The van der Waals surface area contributed by atoms with Gasteiger partial charge in [0.15, 0.2) is 0 Å². The molecule has 0 aliphatic carbocycles. The molecule has 0 atom stereocenters. The van der Waals surface area contributed by atoms with Gasteiger partial charge in [-0.25, -0.2) is 0 Å². The Morgan fingerprint density at radius 3 is 2.33 bits per heavy atom. The summed E-state index contributed by atoms with van der Waals surface area (Å²) in [4.78, 5) is 10.9. The minimum Gasteiger partial charge on any atom is -0.480 e. The van der Waals surface area contributed by atoms with E-state index in [4.69, 9.17) is 5.11 Å². The topological polar surface area (TPSA) is 37.3 Å². The van der Waals surface area contributed by atoms with Crippen LogP contribution in [-0.2, 0) is 4.79 Å². The summed E-state index contributed by atoms with van der Waals surface area (Å²) in [6.45, 7) is 7.40. The molecular formula is C9H16O2S. The summed E-state index contributed by atoms with van der Waals surface area (Å²) < 4.78 is -0.603. The van der Waals surface area contributed by atoms with E-state index in [0.717, 1.165) is 0 Å². The summed E-state index contributed by atoms with van der Waals surface area (Å²) in [5, 5.41) is 9.00. The second kappa shape index (κ2) is 5.25. The Hall–Kier alpha value is -0.440. The predicted molar refractivity (Wildman–Crippen MR) is 53.6 cm³/mol. The van der Waals surface area contributed by atoms with E-state index in [0.29, 0.717) is 18.6 Å². The molecule has 2 nitrogen and oxygen atoms in total. The second-order valence-electron chi connectivity index (χ2n) is 2.61. The summed E-state index contributed by atoms with van der Waals surface area (Å²) in [7, 11) is 0. The second-order valence-corrected chi connectivity index (χ2v) is 4.01. The first-order valence-electron chi connectivity index (χ1n) is 4.11. The molecule has 0 saturated carbocycles. The SMILES string of the molecule is C=CCSC(CC)(CC)C(=O)O. The minimum absolute atomic E-state index is 0.603. The number of carbonyl (C=O) groups is 1. The molecule has 0 rings (SSSR count). The number of carboxylic acid groups (broad SMARTS) is 1. The molecule has 0 radical (unpaired) electrons. The van der Waals surface area contributed by atoms with Crippen LogP contribution in [0.3, 0.4) is 0 Å². The summed E-state index contributed by atoms with van der Waals surface area (Å²) in [6.07, 6.45) is 3.07. The fraction of sp³-hybridized carbons (Fsp3) is 0.667. The molecule has 70 valence electrons. The van der Waals surface area contributed by atoms with Crippen LogP contribution in [0.1, 0.15) is 26.7 Å². The van der Waals surface area contributed by atoms with Crippen molar-refractivity contribution in [3.05, 3.63) is 12.7 Å². The van der Waals surface area contributed by atoms with Crippen molar-refractivity contribution in [3.8, 4) is 0 Å². The van der Waals surface area contributed by atoms with Crippen molar-refractivity contribution in [1.29, 1.82) is 0 Å². The van der Waals surface area contributed by atoms with Crippen molar-refractivity contribution in [2.24, 2.45) is 0 Å². The largest absolute Gasteiger partial charge is 0.480 e. The van der Waals surface area contributed by atoms with E-state index in [9.17, 15) is 4.79 Å². The van der Waals surface area contributed by atoms with Crippen LogP contribution in [0.15, 0.2) is 12.7 Å². The summed E-state index contributed by atoms with van der Waals surface area (Å²) in [5.41, 5.74) is 0. The number of thioether (sulfide) groups is 1. The molecular weight excluding hydrogens is 172 g/mol. The average Bonchev–Trinajstić information content (AvgIpc) is 2.07. The Labute approximate surface area is 78.0 Å². The molecule has 12 heavy (non-hydrogen) atoms. The number of carboxylic acids is 1. The van der Waals surface area contributed by atoms with Gasteiger partial charge in [-0.1, -0.05) is 19.9 Å². The van der Waals surface area contributed by atoms with Crippen LogP contribution >= 0.6 is 11.8 Å². The molecule has 0 aromatic rings. The third-order valence-corrected chi connectivity index (χ3v) is 3.72. The lowest BCUT2D eigenvalue weighted by molar-refractivity contribution is -0.140. The van der Waals surface area contributed by atoms with Crippen LogP contribution in [0.2, 0.25) is 0 Å². The monoisotopic (exact) mass is 188 g/mol. The summed E-state index contributed by atoms with van der Waals surface area (Å²) >= 11 is 1.46. The number of aliphatic carboxylic acids is 1. The van der Waals surface area contributed by atoms with E-state index in [1.165, 1.54) is 11.8 Å². The normalized spacial score (nSPS) is 11.2. The van der Waals surface area contributed by atoms with Crippen molar-refractivity contribution in [2.45, 2.75) is 31.4 Å². The highest BCUT2D eigenvalue weighted by Crippen LogP contribution is 2.32. The lowest BCUT2D eigenvalue weighted by Crippen LogP contribution is -2.33. The highest BCUT2D eigenvalue weighted by atomic mass is 32.2. The third kappa shape index (κ3) is 2.55. The Morgan fingerprint density at radius 1 is 1.58 bits per heavy atom. The van der Waals surface area contributed by atoms with Crippen LogP contribution in [0.4, 0.5) is 0 Å². The van der Waals surface area contributed by atoms with E-state index >= 15 is 0 Å². The highest BCUT2D eigenvalue weighted by molar-refractivity contribution is 8.01. The first kappa shape index (κ1) is 11.6. The average molecular weight is 188 g/mol. The number of rotatable bonds is 6. The van der Waals surface area contributed by atoms with Gasteiger partial charge in [0.05, 0.1) is 0 Å². The molecule has 0 aliphatic rings. The molecule has 0 unspecified atom stereocenters. The van der Waals surface area contributed by atoms with Crippen molar-refractivity contribution >= 4 is 17.7 Å². The van der Waals surface area contributed by atoms with Crippen molar-refractivity contribution in [1.82, 2.24) is 0 Å². The molecule has 3 heteroatoms. The molecule has 0 aromatic carbocycles. The van der Waals surface area contributed by atoms with Gasteiger partial charge in [0.2, 0.25) is 0 Å². The van der Waals surface area contributed by atoms with E-state index in [1.807, 2.05) is 13.8 Å². The molecule has 0 saturated heterocycles. The minimum atomic E-state index is -0.709. The van der Waals surface area contributed by atoms with Gasteiger partial charge >= 0.3 is 5.97 Å². The van der Waals surface area contributed by atoms with E-state index < -0.39 is 10.7 Å². The van der Waals surface area contributed by atoms with E-state index in [-0.39, 0.29) is 0 Å². The zero-order valence-corrected chi connectivity index (χ0v) is 8.49. The molecule has 1 N–H and O–H groups in total. The van der Waals surface area contributed by atoms with Gasteiger partial charge in [-0.05, 0) is 12.8 Å². The summed E-state index contributed by atoms with van der Waals surface area (Å²) in [6, 6.07) is 0. The van der Waals surface area contributed by atoms with Gasteiger partial charge in [-0.2, -0.15) is 0 Å². The van der Waals surface area contributed by atoms with Gasteiger partial charge < -0.3 is 5.11 Å². The third-order valence-electron chi connectivity index (χ3n) is 2.01. The predicted octanol–water partition coefficient (Wildman–Crippen LogP) is 2.55. The maximum atomic E-state index is 10.9. The van der Waals surface area contributed by atoms with Crippen LogP contribution in [0.25, 0.3) is 0 Å². The molecule has 0 aromatic heterocycles. The maximum Gasteiger partial charge on any atom is 0.319 e. The lowest BCUT2D eigenvalue weighted by Gasteiger charge is -2.25. The number of hydrogen-bond acceptors (Lipinski definition) is 2. The van der Waals surface area contributed by atoms with Gasteiger partial charge in [0, 0.05) is 5.75 Å². The molecule has 0 heterocycles. The zero-order valence-electron chi connectivity index (χ0n) is 7.67. The molecule has 0 amide bonds. The van der Waals surface area contributed by atoms with Crippen LogP contribution < -0.4 is 0 Å². The van der Waals surface area contributed by atoms with Crippen LogP contribution in [0, 0.1) is 0 Å². The Morgan fingerprint density at radius 2 is 2.08 bits per heavy atom. The van der Waals surface area contributed by atoms with Gasteiger partial charge in [-0.15, -0.1) is 18.3 Å². The van der Waals surface area contributed by atoms with Crippen molar-refractivity contribution in [3.63, 3.8) is 0 Å². The Balaban J connectivity index is 4.34. The van der Waals surface area contributed by atoms with Crippen molar-refractivity contribution in [2.75, 3.05) is 5.75 Å². The first-order valence-corrected chi connectivity index (χ1v) is 5.09. The van der Waals surface area contributed by atoms with Crippen LogP contribution in [0.5, 0.6) is 0 Å². The fourth-order valence-electron chi connectivity index (χ4n) is 1.04. The number of hydrogen-bond donors (Lipinski definition) is 1. The van der Waals surface area contributed by atoms with E-state index in [2.05, 4.69) is 6.58 Å². The quantitative estimate of drug-likeness (QED) is 0.651. The fourth-order valence-corrected chi connectivity index (χ4v) is 2.01. The van der Waals surface area contributed by atoms with Crippen molar-refractivity contribution < 1.29 is 9.90 Å². The zero-order chi connectivity index (χ0) is 9.61. The highest BCUT2D eigenvalue weighted by Gasteiger charge is 2.34. The Bertz CT molecular complexity index is 162. The summed E-state index contributed by atoms with van der Waals surface area (Å²) in [5.74, 6) is -0.00657. The maximum absolute atomic E-state index is 10.9.